The summed E-state index contributed by atoms with van der Waals surface area (Å²) < 4.78 is 11.1. The number of hydrogen-bond donors (Lipinski definition) is 1. The van der Waals surface area contributed by atoms with Crippen LogP contribution in [0.3, 0.4) is 0 Å². The molecule has 1 aromatic heterocycles. The number of nitrogens with two attached hydrogens (primary N) is 1. The van der Waals surface area contributed by atoms with Gasteiger partial charge in [0, 0.05) is 19.3 Å². The smallest absolute Gasteiger partial charge is 0.232 e. The van der Waals surface area contributed by atoms with E-state index in [9.17, 15) is 0 Å². The second-order valence-electron chi connectivity index (χ2n) is 4.13. The molecule has 0 amide bonds. The Labute approximate surface area is 106 Å². The quantitative estimate of drug-likeness (QED) is 0.897. The highest BCUT2D eigenvalue weighted by atomic mass is 35.5. The summed E-state index contributed by atoms with van der Waals surface area (Å²) in [5.74, 6) is 0.457. The van der Waals surface area contributed by atoms with Crippen molar-refractivity contribution in [1.82, 2.24) is 4.98 Å². The van der Waals surface area contributed by atoms with E-state index in [1.165, 1.54) is 6.42 Å². The molecule has 1 aromatic rings. The Morgan fingerprint density at radius 2 is 2.41 bits per heavy atom. The number of halogens is 1. The summed E-state index contributed by atoms with van der Waals surface area (Å²) in [5.41, 5.74) is 6.40. The van der Waals surface area contributed by atoms with Crippen LogP contribution in [0.2, 0.25) is 5.02 Å². The van der Waals surface area contributed by atoms with E-state index >= 15 is 0 Å². The van der Waals surface area contributed by atoms with Crippen LogP contribution in [0.15, 0.2) is 12.3 Å². The van der Waals surface area contributed by atoms with Gasteiger partial charge in [0.25, 0.3) is 0 Å². The molecule has 0 spiro atoms. The van der Waals surface area contributed by atoms with Crippen molar-refractivity contribution in [3.8, 4) is 5.88 Å². The first-order valence-electron chi connectivity index (χ1n) is 5.88. The molecule has 2 heterocycles. The molecule has 2 N–H and O–H groups in total. The number of ether oxygens (including phenoxy) is 2. The third-order valence-electron chi connectivity index (χ3n) is 2.78. The van der Waals surface area contributed by atoms with Crippen LogP contribution in [0.25, 0.3) is 0 Å². The first-order chi connectivity index (χ1) is 8.29. The lowest BCUT2D eigenvalue weighted by Crippen LogP contribution is -2.26. The van der Waals surface area contributed by atoms with Crippen molar-refractivity contribution in [1.29, 1.82) is 0 Å². The van der Waals surface area contributed by atoms with Crippen LogP contribution in [0.5, 0.6) is 5.88 Å². The first kappa shape index (κ1) is 12.6. The zero-order chi connectivity index (χ0) is 12.1. The third kappa shape index (κ3) is 3.56. The molecule has 2 rings (SSSR count). The standard InChI is InChI=1S/C12H17ClN2O2/c13-11-5-9(6-14)7-15-12(11)17-8-10-3-1-2-4-16-10/h5,7,10H,1-4,6,8,14H2. The highest BCUT2D eigenvalue weighted by Gasteiger charge is 2.15. The maximum Gasteiger partial charge on any atom is 0.232 e. The lowest BCUT2D eigenvalue weighted by Gasteiger charge is -2.22. The molecule has 4 nitrogen and oxygen atoms in total. The minimum absolute atomic E-state index is 0.163. The average Bonchev–Trinajstić information content (AvgIpc) is 2.38. The second kappa shape index (κ2) is 6.19. The summed E-state index contributed by atoms with van der Waals surface area (Å²) in [7, 11) is 0. The van der Waals surface area contributed by atoms with Crippen LogP contribution >= 0.6 is 11.6 Å². The highest BCUT2D eigenvalue weighted by Crippen LogP contribution is 2.23. The largest absolute Gasteiger partial charge is 0.474 e. The lowest BCUT2D eigenvalue weighted by atomic mass is 10.1. The molecule has 1 unspecified atom stereocenters. The average molecular weight is 257 g/mol. The van der Waals surface area contributed by atoms with Crippen molar-refractivity contribution >= 4 is 11.6 Å². The number of nitrogens with zero attached hydrogens (tertiary/aromatic N) is 1. The number of hydrogen-bond acceptors (Lipinski definition) is 4. The lowest BCUT2D eigenvalue weighted by molar-refractivity contribution is -0.0119. The van der Waals surface area contributed by atoms with Gasteiger partial charge in [-0.05, 0) is 30.9 Å². The fourth-order valence-electron chi connectivity index (χ4n) is 1.79. The monoisotopic (exact) mass is 256 g/mol. The van der Waals surface area contributed by atoms with Gasteiger partial charge in [-0.2, -0.15) is 0 Å². The molecular weight excluding hydrogens is 240 g/mol. The van der Waals surface area contributed by atoms with Gasteiger partial charge in [-0.3, -0.25) is 0 Å². The van der Waals surface area contributed by atoms with E-state index in [4.69, 9.17) is 26.8 Å². The first-order valence-corrected chi connectivity index (χ1v) is 6.26. The molecule has 17 heavy (non-hydrogen) atoms. The third-order valence-corrected chi connectivity index (χ3v) is 3.05. The maximum absolute atomic E-state index is 6.04. The summed E-state index contributed by atoms with van der Waals surface area (Å²) in [5, 5.41) is 0.503. The topological polar surface area (TPSA) is 57.4 Å². The van der Waals surface area contributed by atoms with Crippen molar-refractivity contribution < 1.29 is 9.47 Å². The summed E-state index contributed by atoms with van der Waals surface area (Å²) in [4.78, 5) is 4.14. The number of pyridine rings is 1. The normalized spacial score (nSPS) is 20.2. The van der Waals surface area contributed by atoms with Crippen LogP contribution in [0, 0.1) is 0 Å². The molecule has 1 aliphatic heterocycles. The Hall–Kier alpha value is -0.840. The Bertz CT molecular complexity index is 368. The van der Waals surface area contributed by atoms with E-state index in [0.29, 0.717) is 24.1 Å². The molecular formula is C12H17ClN2O2. The Balaban J connectivity index is 1.89. The Morgan fingerprint density at radius 3 is 3.06 bits per heavy atom. The molecule has 5 heteroatoms. The van der Waals surface area contributed by atoms with E-state index in [0.717, 1.165) is 25.0 Å². The van der Waals surface area contributed by atoms with Crippen molar-refractivity contribution in [2.75, 3.05) is 13.2 Å². The van der Waals surface area contributed by atoms with Crippen molar-refractivity contribution in [3.63, 3.8) is 0 Å². The van der Waals surface area contributed by atoms with Gasteiger partial charge in [-0.1, -0.05) is 11.6 Å². The van der Waals surface area contributed by atoms with Gasteiger partial charge in [0.1, 0.15) is 11.6 Å². The summed E-state index contributed by atoms with van der Waals surface area (Å²) >= 11 is 6.04. The molecule has 0 radical (unpaired) electrons. The molecule has 94 valence electrons. The van der Waals surface area contributed by atoms with Crippen molar-refractivity contribution in [2.24, 2.45) is 5.73 Å². The fourth-order valence-corrected chi connectivity index (χ4v) is 2.04. The van der Waals surface area contributed by atoms with Gasteiger partial charge in [-0.25, -0.2) is 4.98 Å². The van der Waals surface area contributed by atoms with E-state index < -0.39 is 0 Å². The van der Waals surface area contributed by atoms with Gasteiger partial charge < -0.3 is 15.2 Å². The maximum atomic E-state index is 6.04. The molecule has 0 bridgehead atoms. The predicted molar refractivity (Wildman–Crippen MR) is 66.2 cm³/mol. The Morgan fingerprint density at radius 1 is 1.53 bits per heavy atom. The number of aromatic nitrogens is 1. The molecule has 1 saturated heterocycles. The van der Waals surface area contributed by atoms with Crippen LogP contribution in [-0.2, 0) is 11.3 Å². The van der Waals surface area contributed by atoms with Crippen molar-refractivity contribution in [3.05, 3.63) is 22.8 Å². The SMILES string of the molecule is NCc1cnc(OCC2CCCCO2)c(Cl)c1. The minimum Gasteiger partial charge on any atom is -0.474 e. The fraction of sp³-hybridized carbons (Fsp3) is 0.583. The van der Waals surface area contributed by atoms with Gasteiger partial charge >= 0.3 is 0 Å². The van der Waals surface area contributed by atoms with Gasteiger partial charge in [0.15, 0.2) is 0 Å². The predicted octanol–water partition coefficient (Wildman–Crippen LogP) is 2.14. The summed E-state index contributed by atoms with van der Waals surface area (Å²) in [6, 6.07) is 1.78. The van der Waals surface area contributed by atoms with E-state index in [1.54, 1.807) is 12.3 Å². The molecule has 0 aliphatic carbocycles. The number of rotatable bonds is 4. The van der Waals surface area contributed by atoms with E-state index in [-0.39, 0.29) is 6.10 Å². The molecule has 1 aliphatic rings. The van der Waals surface area contributed by atoms with Gasteiger partial charge in [0.2, 0.25) is 5.88 Å². The van der Waals surface area contributed by atoms with Crippen LogP contribution in [0.1, 0.15) is 24.8 Å². The van der Waals surface area contributed by atoms with Gasteiger partial charge in [-0.15, -0.1) is 0 Å². The highest BCUT2D eigenvalue weighted by molar-refractivity contribution is 6.31. The van der Waals surface area contributed by atoms with E-state index in [2.05, 4.69) is 4.98 Å². The molecule has 1 fully saturated rings. The molecule has 1 atom stereocenters. The zero-order valence-corrected chi connectivity index (χ0v) is 10.4. The van der Waals surface area contributed by atoms with E-state index in [1.807, 2.05) is 0 Å². The van der Waals surface area contributed by atoms with Gasteiger partial charge in [0.05, 0.1) is 6.10 Å². The Kier molecular flexibility index (Phi) is 4.59. The van der Waals surface area contributed by atoms with Crippen LogP contribution < -0.4 is 10.5 Å². The zero-order valence-electron chi connectivity index (χ0n) is 9.69. The van der Waals surface area contributed by atoms with Crippen molar-refractivity contribution in [2.45, 2.75) is 31.9 Å². The van der Waals surface area contributed by atoms with Crippen LogP contribution in [0.4, 0.5) is 0 Å². The van der Waals surface area contributed by atoms with Crippen LogP contribution in [-0.4, -0.2) is 24.3 Å². The summed E-state index contributed by atoms with van der Waals surface area (Å²) in [6.45, 7) is 1.76. The molecule has 0 aromatic carbocycles. The summed E-state index contributed by atoms with van der Waals surface area (Å²) in [6.07, 6.45) is 5.22. The minimum atomic E-state index is 0.163. The molecule has 0 saturated carbocycles. The second-order valence-corrected chi connectivity index (χ2v) is 4.54.